The number of hydrogen-bond donors (Lipinski definition) is 1. The first-order valence-corrected chi connectivity index (χ1v) is 9.19. The third-order valence-electron chi connectivity index (χ3n) is 4.86. The standard InChI is InChI=1S/C21H18FN5O/c22-17-10-9-16(20-26-25-19-4-2-1-3-11-27(19)20)12-18(17)24-21(28)15-7-5-14(13-23)6-8-15/h5-10,12H,1-4,11H2,(H,24,28). The van der Waals surface area contributed by atoms with Gasteiger partial charge in [-0.1, -0.05) is 6.42 Å². The number of halogens is 1. The molecular formula is C21H18FN5O. The number of anilines is 1. The van der Waals surface area contributed by atoms with Crippen LogP contribution in [0, 0.1) is 17.1 Å². The second-order valence-corrected chi connectivity index (χ2v) is 6.74. The van der Waals surface area contributed by atoms with Crippen LogP contribution in [-0.4, -0.2) is 20.7 Å². The lowest BCUT2D eigenvalue weighted by Gasteiger charge is -2.10. The minimum atomic E-state index is -0.527. The molecule has 2 aromatic carbocycles. The van der Waals surface area contributed by atoms with E-state index in [0.717, 1.165) is 38.1 Å². The number of aryl methyl sites for hydroxylation is 1. The average molecular weight is 375 g/mol. The summed E-state index contributed by atoms with van der Waals surface area (Å²) in [5, 5.41) is 20.0. The van der Waals surface area contributed by atoms with Crippen LogP contribution in [0.1, 0.15) is 41.0 Å². The van der Waals surface area contributed by atoms with Gasteiger partial charge in [0.05, 0.1) is 17.3 Å². The van der Waals surface area contributed by atoms with E-state index in [-0.39, 0.29) is 5.69 Å². The minimum Gasteiger partial charge on any atom is -0.319 e. The molecule has 0 bridgehead atoms. The van der Waals surface area contributed by atoms with Crippen LogP contribution < -0.4 is 5.32 Å². The third-order valence-corrected chi connectivity index (χ3v) is 4.86. The molecule has 1 amide bonds. The molecule has 0 saturated carbocycles. The van der Waals surface area contributed by atoms with Gasteiger partial charge < -0.3 is 9.88 Å². The van der Waals surface area contributed by atoms with Crippen molar-refractivity contribution < 1.29 is 9.18 Å². The maximum Gasteiger partial charge on any atom is 0.255 e. The number of aromatic nitrogens is 3. The fourth-order valence-electron chi connectivity index (χ4n) is 3.35. The number of fused-ring (bicyclic) bond motifs is 1. The summed E-state index contributed by atoms with van der Waals surface area (Å²) < 4.78 is 16.4. The van der Waals surface area contributed by atoms with Gasteiger partial charge in [0.1, 0.15) is 11.6 Å². The quantitative estimate of drug-likeness (QED) is 0.752. The molecule has 0 unspecified atom stereocenters. The lowest BCUT2D eigenvalue weighted by atomic mass is 10.1. The maximum atomic E-state index is 14.3. The van der Waals surface area contributed by atoms with E-state index in [1.807, 2.05) is 6.07 Å². The smallest absolute Gasteiger partial charge is 0.255 e. The second kappa shape index (κ2) is 7.61. The zero-order valence-corrected chi connectivity index (χ0v) is 15.2. The molecular weight excluding hydrogens is 357 g/mol. The number of amides is 1. The molecule has 28 heavy (non-hydrogen) atoms. The van der Waals surface area contributed by atoms with Gasteiger partial charge in [-0.15, -0.1) is 10.2 Å². The highest BCUT2D eigenvalue weighted by atomic mass is 19.1. The number of nitrogens with one attached hydrogen (secondary N) is 1. The van der Waals surface area contributed by atoms with E-state index in [0.29, 0.717) is 22.5 Å². The van der Waals surface area contributed by atoms with E-state index in [1.54, 1.807) is 24.3 Å². The van der Waals surface area contributed by atoms with Crippen molar-refractivity contribution in [2.45, 2.75) is 32.2 Å². The molecule has 0 radical (unpaired) electrons. The van der Waals surface area contributed by atoms with E-state index in [2.05, 4.69) is 20.1 Å². The van der Waals surface area contributed by atoms with Crippen LogP contribution in [0.25, 0.3) is 11.4 Å². The molecule has 0 atom stereocenters. The van der Waals surface area contributed by atoms with Crippen LogP contribution in [-0.2, 0) is 13.0 Å². The Hall–Kier alpha value is -3.53. The number of hydrogen-bond acceptors (Lipinski definition) is 4. The fraction of sp³-hybridized carbons (Fsp3) is 0.238. The van der Waals surface area contributed by atoms with Gasteiger partial charge in [0.15, 0.2) is 5.82 Å². The molecule has 1 aliphatic heterocycles. The number of carbonyl (C=O) groups is 1. The Kier molecular flexibility index (Phi) is 4.85. The molecule has 6 nitrogen and oxygen atoms in total. The molecule has 7 heteroatoms. The third kappa shape index (κ3) is 3.49. The van der Waals surface area contributed by atoms with Crippen molar-refractivity contribution in [3.8, 4) is 17.5 Å². The Balaban J connectivity index is 1.62. The summed E-state index contributed by atoms with van der Waals surface area (Å²) in [7, 11) is 0. The normalized spacial score (nSPS) is 13.3. The van der Waals surface area contributed by atoms with E-state index >= 15 is 0 Å². The molecule has 3 aromatic rings. The molecule has 4 rings (SSSR count). The Morgan fingerprint density at radius 2 is 1.93 bits per heavy atom. The number of nitriles is 1. The lowest BCUT2D eigenvalue weighted by Crippen LogP contribution is -2.13. The van der Waals surface area contributed by atoms with Gasteiger partial charge in [0.25, 0.3) is 5.91 Å². The van der Waals surface area contributed by atoms with Gasteiger partial charge in [-0.05, 0) is 55.3 Å². The molecule has 140 valence electrons. The van der Waals surface area contributed by atoms with Crippen molar-refractivity contribution >= 4 is 11.6 Å². The maximum absolute atomic E-state index is 14.3. The van der Waals surface area contributed by atoms with Crippen molar-refractivity contribution in [3.63, 3.8) is 0 Å². The summed E-state index contributed by atoms with van der Waals surface area (Å²) in [5.41, 5.74) is 1.59. The van der Waals surface area contributed by atoms with Crippen molar-refractivity contribution in [2.24, 2.45) is 0 Å². The molecule has 1 aliphatic rings. The second-order valence-electron chi connectivity index (χ2n) is 6.74. The van der Waals surface area contributed by atoms with Gasteiger partial charge in [-0.25, -0.2) is 4.39 Å². The van der Waals surface area contributed by atoms with Crippen molar-refractivity contribution in [3.05, 3.63) is 65.2 Å². The first kappa shape index (κ1) is 17.9. The van der Waals surface area contributed by atoms with E-state index in [9.17, 15) is 9.18 Å². The summed E-state index contributed by atoms with van der Waals surface area (Å²) in [6.07, 6.45) is 4.18. The molecule has 0 fully saturated rings. The summed E-state index contributed by atoms with van der Waals surface area (Å²) in [4.78, 5) is 12.4. The zero-order valence-electron chi connectivity index (χ0n) is 15.2. The Morgan fingerprint density at radius 3 is 2.71 bits per heavy atom. The monoisotopic (exact) mass is 375 g/mol. The number of carbonyl (C=O) groups excluding carboxylic acids is 1. The predicted octanol–water partition coefficient (Wildman–Crippen LogP) is 3.93. The van der Waals surface area contributed by atoms with Crippen LogP contribution >= 0.6 is 0 Å². The fourth-order valence-corrected chi connectivity index (χ4v) is 3.35. The van der Waals surface area contributed by atoms with E-state index in [4.69, 9.17) is 5.26 Å². The van der Waals surface area contributed by atoms with E-state index < -0.39 is 11.7 Å². The van der Waals surface area contributed by atoms with E-state index in [1.165, 1.54) is 18.2 Å². The number of rotatable bonds is 3. The van der Waals surface area contributed by atoms with Crippen LogP contribution in [0.4, 0.5) is 10.1 Å². The zero-order chi connectivity index (χ0) is 19.5. The van der Waals surface area contributed by atoms with Crippen LogP contribution in [0.2, 0.25) is 0 Å². The topological polar surface area (TPSA) is 83.6 Å². The van der Waals surface area contributed by atoms with Gasteiger partial charge in [-0.3, -0.25) is 4.79 Å². The van der Waals surface area contributed by atoms with Gasteiger partial charge in [0, 0.05) is 24.1 Å². The molecule has 0 aliphatic carbocycles. The summed E-state index contributed by atoms with van der Waals surface area (Å²) >= 11 is 0. The number of benzene rings is 2. The summed E-state index contributed by atoms with van der Waals surface area (Å²) in [6.45, 7) is 0.835. The van der Waals surface area contributed by atoms with Crippen molar-refractivity contribution in [1.82, 2.24) is 14.8 Å². The predicted molar refractivity (Wildman–Crippen MR) is 102 cm³/mol. The molecule has 0 spiro atoms. The first-order chi connectivity index (χ1) is 13.7. The van der Waals surface area contributed by atoms with Gasteiger partial charge in [0.2, 0.25) is 0 Å². The molecule has 2 heterocycles. The lowest BCUT2D eigenvalue weighted by molar-refractivity contribution is 0.102. The van der Waals surface area contributed by atoms with Gasteiger partial charge >= 0.3 is 0 Å². The number of nitrogens with zero attached hydrogens (tertiary/aromatic N) is 4. The highest BCUT2D eigenvalue weighted by molar-refractivity contribution is 6.04. The molecule has 0 saturated heterocycles. The SMILES string of the molecule is N#Cc1ccc(C(=O)Nc2cc(-c3nnc4n3CCCCC4)ccc2F)cc1. The average Bonchev–Trinajstić information content (AvgIpc) is 2.97. The Morgan fingerprint density at radius 1 is 1.11 bits per heavy atom. The van der Waals surface area contributed by atoms with Gasteiger partial charge in [-0.2, -0.15) is 5.26 Å². The van der Waals surface area contributed by atoms with Crippen LogP contribution in [0.15, 0.2) is 42.5 Å². The summed E-state index contributed by atoms with van der Waals surface area (Å²) in [6, 6.07) is 12.7. The Bertz CT molecular complexity index is 1070. The van der Waals surface area contributed by atoms with Crippen LogP contribution in [0.5, 0.6) is 0 Å². The molecule has 1 aromatic heterocycles. The highest BCUT2D eigenvalue weighted by Gasteiger charge is 2.18. The Labute approximate surface area is 161 Å². The largest absolute Gasteiger partial charge is 0.319 e. The summed E-state index contributed by atoms with van der Waals surface area (Å²) in [5.74, 6) is 0.660. The van der Waals surface area contributed by atoms with Crippen molar-refractivity contribution in [2.75, 3.05) is 5.32 Å². The molecule has 1 N–H and O–H groups in total. The van der Waals surface area contributed by atoms with Crippen molar-refractivity contribution in [1.29, 1.82) is 5.26 Å². The first-order valence-electron chi connectivity index (χ1n) is 9.19. The van der Waals surface area contributed by atoms with Crippen LogP contribution in [0.3, 0.4) is 0 Å². The minimum absolute atomic E-state index is 0.0813. The highest BCUT2D eigenvalue weighted by Crippen LogP contribution is 2.27.